The zero-order valence-corrected chi connectivity index (χ0v) is 14.6. The van der Waals surface area contributed by atoms with E-state index in [-0.39, 0.29) is 17.4 Å². The molecule has 2 heterocycles. The molecule has 0 radical (unpaired) electrons. The SMILES string of the molecule is CN1CCN(C(=O)c2cc3c(cc2F)NC(=O)CC3)Cc2ccccc21. The van der Waals surface area contributed by atoms with Crippen LogP contribution in [0.1, 0.15) is 27.9 Å². The van der Waals surface area contributed by atoms with Gasteiger partial charge in [0.25, 0.3) is 5.91 Å². The first-order valence-corrected chi connectivity index (χ1v) is 8.73. The first kappa shape index (κ1) is 16.6. The predicted octanol–water partition coefficient (Wildman–Crippen LogP) is 2.80. The molecule has 5 nitrogen and oxygen atoms in total. The molecule has 1 N–H and O–H groups in total. The van der Waals surface area contributed by atoms with Crippen molar-refractivity contribution in [1.29, 1.82) is 0 Å². The van der Waals surface area contributed by atoms with Crippen molar-refractivity contribution in [2.24, 2.45) is 0 Å². The molecule has 0 saturated heterocycles. The van der Waals surface area contributed by atoms with Crippen molar-refractivity contribution >= 4 is 23.2 Å². The molecule has 0 fully saturated rings. The number of amides is 2. The highest BCUT2D eigenvalue weighted by molar-refractivity contribution is 5.98. The van der Waals surface area contributed by atoms with Crippen LogP contribution >= 0.6 is 0 Å². The smallest absolute Gasteiger partial charge is 0.257 e. The van der Waals surface area contributed by atoms with Gasteiger partial charge in [-0.3, -0.25) is 9.59 Å². The van der Waals surface area contributed by atoms with Crippen molar-refractivity contribution in [2.45, 2.75) is 19.4 Å². The molecular weight excluding hydrogens is 333 g/mol. The number of carbonyl (C=O) groups is 2. The number of rotatable bonds is 1. The standard InChI is InChI=1S/C20H20FN3O2/c1-23-8-9-24(12-14-4-2-3-5-18(14)23)20(26)15-10-13-6-7-19(25)22-17(13)11-16(15)21/h2-5,10-11H,6-9,12H2,1H3,(H,22,25). The van der Waals surface area contributed by atoms with Crippen molar-refractivity contribution in [3.05, 3.63) is 58.9 Å². The first-order valence-electron chi connectivity index (χ1n) is 8.73. The molecule has 0 bridgehead atoms. The third-order valence-corrected chi connectivity index (χ3v) is 5.08. The Bertz CT molecular complexity index is 897. The lowest BCUT2D eigenvalue weighted by atomic mass is 9.99. The molecule has 134 valence electrons. The zero-order valence-electron chi connectivity index (χ0n) is 14.6. The number of nitrogens with zero attached hydrogens (tertiary/aromatic N) is 2. The Hall–Kier alpha value is -2.89. The molecule has 2 amide bonds. The number of benzene rings is 2. The van der Waals surface area contributed by atoms with Crippen LogP contribution in [0, 0.1) is 5.82 Å². The van der Waals surface area contributed by atoms with Crippen LogP contribution in [0.3, 0.4) is 0 Å². The summed E-state index contributed by atoms with van der Waals surface area (Å²) in [4.78, 5) is 28.3. The summed E-state index contributed by atoms with van der Waals surface area (Å²) < 4.78 is 14.6. The van der Waals surface area contributed by atoms with Gasteiger partial charge in [0.15, 0.2) is 0 Å². The highest BCUT2D eigenvalue weighted by Gasteiger charge is 2.26. The lowest BCUT2D eigenvalue weighted by molar-refractivity contribution is -0.116. The minimum absolute atomic E-state index is 0.0712. The molecule has 0 spiro atoms. The summed E-state index contributed by atoms with van der Waals surface area (Å²) >= 11 is 0. The lowest BCUT2D eigenvalue weighted by Gasteiger charge is -2.23. The largest absolute Gasteiger partial charge is 0.373 e. The fourth-order valence-corrected chi connectivity index (χ4v) is 3.60. The van der Waals surface area contributed by atoms with Crippen LogP contribution in [0.15, 0.2) is 36.4 Å². The second kappa shape index (κ2) is 6.44. The highest BCUT2D eigenvalue weighted by atomic mass is 19.1. The third-order valence-electron chi connectivity index (χ3n) is 5.08. The van der Waals surface area contributed by atoms with Gasteiger partial charge in [0, 0.05) is 44.5 Å². The average molecular weight is 353 g/mol. The van der Waals surface area contributed by atoms with Gasteiger partial charge in [0.2, 0.25) is 5.91 Å². The van der Waals surface area contributed by atoms with E-state index < -0.39 is 5.82 Å². The number of anilines is 2. The van der Waals surface area contributed by atoms with E-state index in [2.05, 4.69) is 10.2 Å². The summed E-state index contributed by atoms with van der Waals surface area (Å²) in [5.74, 6) is -1.03. The van der Waals surface area contributed by atoms with Gasteiger partial charge in [0.05, 0.1) is 5.56 Å². The second-order valence-electron chi connectivity index (χ2n) is 6.81. The number of likely N-dealkylation sites (N-methyl/N-ethyl adjacent to an activating group) is 1. The number of halogens is 1. The maximum atomic E-state index is 14.6. The van der Waals surface area contributed by atoms with Gasteiger partial charge >= 0.3 is 0 Å². The van der Waals surface area contributed by atoms with E-state index in [1.54, 1.807) is 11.0 Å². The summed E-state index contributed by atoms with van der Waals surface area (Å²) in [7, 11) is 2.00. The summed E-state index contributed by atoms with van der Waals surface area (Å²) in [5, 5.41) is 2.66. The second-order valence-corrected chi connectivity index (χ2v) is 6.81. The van der Waals surface area contributed by atoms with Gasteiger partial charge in [-0.25, -0.2) is 4.39 Å². The number of para-hydroxylation sites is 1. The normalized spacial score (nSPS) is 16.5. The van der Waals surface area contributed by atoms with Gasteiger partial charge in [-0.15, -0.1) is 0 Å². The first-order chi connectivity index (χ1) is 12.5. The number of hydrogen-bond donors (Lipinski definition) is 1. The van der Waals surface area contributed by atoms with E-state index in [4.69, 9.17) is 0 Å². The molecule has 0 aromatic heterocycles. The van der Waals surface area contributed by atoms with Gasteiger partial charge < -0.3 is 15.1 Å². The quantitative estimate of drug-likeness (QED) is 0.858. The molecule has 2 aliphatic rings. The molecule has 0 aliphatic carbocycles. The van der Waals surface area contributed by atoms with Crippen molar-refractivity contribution in [3.8, 4) is 0 Å². The van der Waals surface area contributed by atoms with E-state index in [1.807, 2.05) is 31.3 Å². The Balaban J connectivity index is 1.65. The average Bonchev–Trinajstić information content (AvgIpc) is 2.80. The van der Waals surface area contributed by atoms with E-state index >= 15 is 0 Å². The van der Waals surface area contributed by atoms with E-state index in [0.29, 0.717) is 38.2 Å². The summed E-state index contributed by atoms with van der Waals surface area (Å²) in [6, 6.07) is 10.8. The molecule has 2 aliphatic heterocycles. The maximum Gasteiger partial charge on any atom is 0.257 e. The molecule has 26 heavy (non-hydrogen) atoms. The summed E-state index contributed by atoms with van der Waals surface area (Å²) in [6.07, 6.45) is 0.876. The zero-order chi connectivity index (χ0) is 18.3. The number of carbonyl (C=O) groups excluding carboxylic acids is 2. The van der Waals surface area contributed by atoms with Gasteiger partial charge in [-0.2, -0.15) is 0 Å². The molecule has 2 aromatic carbocycles. The number of fused-ring (bicyclic) bond motifs is 2. The van der Waals surface area contributed by atoms with Crippen LogP contribution in [-0.4, -0.2) is 36.9 Å². The van der Waals surface area contributed by atoms with Crippen LogP contribution < -0.4 is 10.2 Å². The summed E-state index contributed by atoms with van der Waals surface area (Å²) in [6.45, 7) is 1.66. The topological polar surface area (TPSA) is 52.6 Å². The Kier molecular flexibility index (Phi) is 4.11. The molecule has 0 saturated carbocycles. The fourth-order valence-electron chi connectivity index (χ4n) is 3.60. The van der Waals surface area contributed by atoms with Crippen LogP contribution in [0.4, 0.5) is 15.8 Å². The Labute approximate surface area is 151 Å². The van der Waals surface area contributed by atoms with Crippen LogP contribution in [0.25, 0.3) is 0 Å². The number of aryl methyl sites for hydroxylation is 1. The van der Waals surface area contributed by atoms with Crippen LogP contribution in [0.2, 0.25) is 0 Å². The van der Waals surface area contributed by atoms with Crippen molar-refractivity contribution in [2.75, 3.05) is 30.4 Å². The summed E-state index contributed by atoms with van der Waals surface area (Å²) in [5.41, 5.74) is 3.49. The Morgan fingerprint density at radius 2 is 1.92 bits per heavy atom. The molecule has 0 unspecified atom stereocenters. The minimum Gasteiger partial charge on any atom is -0.373 e. The molecule has 4 rings (SSSR count). The number of nitrogens with one attached hydrogen (secondary N) is 1. The third kappa shape index (κ3) is 2.92. The van der Waals surface area contributed by atoms with E-state index in [0.717, 1.165) is 16.8 Å². The van der Waals surface area contributed by atoms with E-state index in [1.165, 1.54) is 6.07 Å². The van der Waals surface area contributed by atoms with Gasteiger partial charge in [-0.1, -0.05) is 18.2 Å². The predicted molar refractivity (Wildman–Crippen MR) is 97.8 cm³/mol. The molecular formula is C20H20FN3O2. The lowest BCUT2D eigenvalue weighted by Crippen LogP contribution is -2.35. The highest BCUT2D eigenvalue weighted by Crippen LogP contribution is 2.28. The van der Waals surface area contributed by atoms with E-state index in [9.17, 15) is 14.0 Å². The number of hydrogen-bond acceptors (Lipinski definition) is 3. The molecule has 0 atom stereocenters. The maximum absolute atomic E-state index is 14.6. The van der Waals surface area contributed by atoms with Crippen molar-refractivity contribution < 1.29 is 14.0 Å². The van der Waals surface area contributed by atoms with Gasteiger partial charge in [0.1, 0.15) is 5.82 Å². The monoisotopic (exact) mass is 353 g/mol. The van der Waals surface area contributed by atoms with Crippen molar-refractivity contribution in [3.63, 3.8) is 0 Å². The molecule has 6 heteroatoms. The Morgan fingerprint density at radius 1 is 1.12 bits per heavy atom. The van der Waals surface area contributed by atoms with Crippen LogP contribution in [0.5, 0.6) is 0 Å². The minimum atomic E-state index is -0.596. The van der Waals surface area contributed by atoms with Gasteiger partial charge in [-0.05, 0) is 35.7 Å². The Morgan fingerprint density at radius 3 is 2.77 bits per heavy atom. The van der Waals surface area contributed by atoms with Crippen molar-refractivity contribution in [1.82, 2.24) is 4.90 Å². The van der Waals surface area contributed by atoms with Crippen LogP contribution in [-0.2, 0) is 17.8 Å². The fraction of sp³-hybridized carbons (Fsp3) is 0.300. The molecule has 2 aromatic rings.